The Morgan fingerprint density at radius 3 is 2.69 bits per heavy atom. The lowest BCUT2D eigenvalue weighted by atomic mass is 9.64. The van der Waals surface area contributed by atoms with Crippen molar-refractivity contribution < 1.29 is 0 Å². The fourth-order valence-electron chi connectivity index (χ4n) is 8.79. The van der Waals surface area contributed by atoms with E-state index in [1.54, 1.807) is 28.5 Å². The minimum absolute atomic E-state index is 0.624. The van der Waals surface area contributed by atoms with Crippen LogP contribution in [0, 0.1) is 17.8 Å². The van der Waals surface area contributed by atoms with Crippen LogP contribution in [0.3, 0.4) is 0 Å². The van der Waals surface area contributed by atoms with Gasteiger partial charge in [-0.3, -0.25) is 0 Å². The molecule has 5 rings (SSSR count). The highest BCUT2D eigenvalue weighted by molar-refractivity contribution is 5.45. The van der Waals surface area contributed by atoms with E-state index in [4.69, 9.17) is 5.73 Å². The van der Waals surface area contributed by atoms with Gasteiger partial charge >= 0.3 is 0 Å². The maximum atomic E-state index is 5.52. The molecule has 1 saturated heterocycles. The first-order valence-corrected chi connectivity index (χ1v) is 18.5. The number of nitrogens with two attached hydrogens (primary N) is 1. The van der Waals surface area contributed by atoms with Crippen molar-refractivity contribution in [3.8, 4) is 0 Å². The Morgan fingerprint density at radius 2 is 1.93 bits per heavy atom. The summed E-state index contributed by atoms with van der Waals surface area (Å²) >= 11 is 0. The van der Waals surface area contributed by atoms with Crippen LogP contribution in [-0.4, -0.2) is 19.6 Å². The van der Waals surface area contributed by atoms with Crippen molar-refractivity contribution >= 4 is 0 Å². The molecule has 1 saturated carbocycles. The van der Waals surface area contributed by atoms with Crippen LogP contribution in [0.4, 0.5) is 0 Å². The number of hydrogen-bond donors (Lipinski definition) is 3. The molecule has 0 amide bonds. The lowest BCUT2D eigenvalue weighted by Crippen LogP contribution is -2.28. The molecule has 4 aliphatic carbocycles. The van der Waals surface area contributed by atoms with Gasteiger partial charge in [-0.25, -0.2) is 0 Å². The van der Waals surface area contributed by atoms with Gasteiger partial charge in [0.05, 0.1) is 0 Å². The topological polar surface area (TPSA) is 50.1 Å². The third-order valence-corrected chi connectivity index (χ3v) is 11.3. The van der Waals surface area contributed by atoms with E-state index in [9.17, 15) is 0 Å². The summed E-state index contributed by atoms with van der Waals surface area (Å²) in [5.74, 6) is 2.14. The largest absolute Gasteiger partial charge is 0.405 e. The number of allylic oxidation sites excluding steroid dienone is 15. The molecule has 3 unspecified atom stereocenters. The summed E-state index contributed by atoms with van der Waals surface area (Å²) in [6.45, 7) is 12.0. The Morgan fingerprint density at radius 1 is 1.02 bits per heavy atom. The second-order valence-electron chi connectivity index (χ2n) is 14.1. The molecule has 4 N–H and O–H groups in total. The molecule has 244 valence electrons. The zero-order valence-corrected chi connectivity index (χ0v) is 28.6. The molecular formula is C42H61N3. The smallest absolute Gasteiger partial charge is 0.0363 e. The van der Waals surface area contributed by atoms with Crippen molar-refractivity contribution in [2.45, 2.75) is 117 Å². The Labute approximate surface area is 275 Å². The predicted octanol–water partition coefficient (Wildman–Crippen LogP) is 10.2. The zero-order chi connectivity index (χ0) is 31.4. The van der Waals surface area contributed by atoms with E-state index < -0.39 is 0 Å². The fourth-order valence-corrected chi connectivity index (χ4v) is 8.79. The summed E-state index contributed by atoms with van der Waals surface area (Å²) in [6.07, 6.45) is 38.0. The van der Waals surface area contributed by atoms with Gasteiger partial charge in [0, 0.05) is 18.8 Å². The van der Waals surface area contributed by atoms with Crippen LogP contribution in [0.5, 0.6) is 0 Å². The predicted molar refractivity (Wildman–Crippen MR) is 195 cm³/mol. The molecule has 3 nitrogen and oxygen atoms in total. The van der Waals surface area contributed by atoms with E-state index in [-0.39, 0.29) is 0 Å². The maximum absolute atomic E-state index is 5.52. The number of nitrogens with one attached hydrogen (secondary N) is 2. The van der Waals surface area contributed by atoms with Gasteiger partial charge in [0.15, 0.2) is 0 Å². The molecule has 0 aromatic carbocycles. The van der Waals surface area contributed by atoms with Crippen molar-refractivity contribution in [1.29, 1.82) is 0 Å². The SMILES string of the molecule is C=CC1=CCCC(NCC(=CC=C(C)C2=C3CCCCC3C(C3=CC=C(CCCC=CN)CC3)CC2)C2CCNC2)=C1CCC. The van der Waals surface area contributed by atoms with E-state index in [0.29, 0.717) is 5.92 Å². The van der Waals surface area contributed by atoms with Crippen LogP contribution in [0.25, 0.3) is 0 Å². The highest BCUT2D eigenvalue weighted by Crippen LogP contribution is 2.49. The van der Waals surface area contributed by atoms with Crippen molar-refractivity contribution in [2.24, 2.45) is 23.5 Å². The van der Waals surface area contributed by atoms with E-state index in [2.05, 4.69) is 73.6 Å². The van der Waals surface area contributed by atoms with Crippen molar-refractivity contribution in [1.82, 2.24) is 10.6 Å². The number of hydrogen-bond acceptors (Lipinski definition) is 3. The van der Waals surface area contributed by atoms with E-state index in [1.807, 2.05) is 5.57 Å². The lowest BCUT2D eigenvalue weighted by molar-refractivity contribution is 0.308. The molecule has 3 heteroatoms. The summed E-state index contributed by atoms with van der Waals surface area (Å²) in [5, 5.41) is 7.57. The summed E-state index contributed by atoms with van der Waals surface area (Å²) in [7, 11) is 0. The summed E-state index contributed by atoms with van der Waals surface area (Å²) in [5.41, 5.74) is 19.8. The molecule has 0 spiro atoms. The molecule has 0 bridgehead atoms. The first-order chi connectivity index (χ1) is 22.1. The Kier molecular flexibility index (Phi) is 12.9. The van der Waals surface area contributed by atoms with Gasteiger partial charge in [-0.05, 0) is 155 Å². The maximum Gasteiger partial charge on any atom is 0.0363 e. The molecule has 3 atom stereocenters. The molecule has 1 aliphatic heterocycles. The van der Waals surface area contributed by atoms with Gasteiger partial charge in [-0.1, -0.05) is 85.6 Å². The molecule has 0 radical (unpaired) electrons. The second-order valence-corrected chi connectivity index (χ2v) is 14.1. The molecule has 1 heterocycles. The zero-order valence-electron chi connectivity index (χ0n) is 28.6. The van der Waals surface area contributed by atoms with Crippen LogP contribution in [0.1, 0.15) is 117 Å². The third kappa shape index (κ3) is 8.73. The average Bonchev–Trinajstić information content (AvgIpc) is 3.62. The Balaban J connectivity index is 1.32. The highest BCUT2D eigenvalue weighted by Gasteiger charge is 2.35. The summed E-state index contributed by atoms with van der Waals surface area (Å²) in [6, 6.07) is 0. The van der Waals surface area contributed by atoms with Crippen molar-refractivity contribution in [3.05, 3.63) is 106 Å². The van der Waals surface area contributed by atoms with Crippen molar-refractivity contribution in [2.75, 3.05) is 19.6 Å². The minimum atomic E-state index is 0.624. The van der Waals surface area contributed by atoms with Gasteiger partial charge in [0.1, 0.15) is 0 Å². The molecule has 45 heavy (non-hydrogen) atoms. The monoisotopic (exact) mass is 607 g/mol. The highest BCUT2D eigenvalue weighted by atomic mass is 14.9. The number of fused-ring (bicyclic) bond motifs is 1. The third-order valence-electron chi connectivity index (χ3n) is 11.3. The average molecular weight is 608 g/mol. The van der Waals surface area contributed by atoms with Crippen LogP contribution in [-0.2, 0) is 0 Å². The molecular weight excluding hydrogens is 546 g/mol. The van der Waals surface area contributed by atoms with E-state index >= 15 is 0 Å². The van der Waals surface area contributed by atoms with Crippen LogP contribution < -0.4 is 16.4 Å². The molecule has 5 aliphatic rings. The first-order valence-electron chi connectivity index (χ1n) is 18.5. The Hall–Kier alpha value is -2.78. The number of unbranched alkanes of at least 4 members (excludes halogenated alkanes) is 1. The van der Waals surface area contributed by atoms with E-state index in [1.165, 1.54) is 99.5 Å². The summed E-state index contributed by atoms with van der Waals surface area (Å²) < 4.78 is 0. The quantitative estimate of drug-likeness (QED) is 0.136. The molecule has 0 aromatic rings. The fraction of sp³-hybridized carbons (Fsp3) is 0.571. The molecule has 0 aromatic heterocycles. The van der Waals surface area contributed by atoms with Gasteiger partial charge in [0.25, 0.3) is 0 Å². The van der Waals surface area contributed by atoms with Gasteiger partial charge in [-0.2, -0.15) is 0 Å². The second kappa shape index (κ2) is 17.2. The van der Waals surface area contributed by atoms with Gasteiger partial charge in [0.2, 0.25) is 0 Å². The van der Waals surface area contributed by atoms with Gasteiger partial charge in [-0.15, -0.1) is 0 Å². The van der Waals surface area contributed by atoms with E-state index in [0.717, 1.165) is 57.2 Å². The van der Waals surface area contributed by atoms with Crippen LogP contribution >= 0.6 is 0 Å². The van der Waals surface area contributed by atoms with Crippen LogP contribution in [0.2, 0.25) is 0 Å². The van der Waals surface area contributed by atoms with Gasteiger partial charge < -0.3 is 16.4 Å². The first kappa shape index (κ1) is 33.6. The minimum Gasteiger partial charge on any atom is -0.405 e. The lowest BCUT2D eigenvalue weighted by Gasteiger charge is -2.41. The number of rotatable bonds is 14. The van der Waals surface area contributed by atoms with Crippen LogP contribution in [0.15, 0.2) is 106 Å². The summed E-state index contributed by atoms with van der Waals surface area (Å²) in [4.78, 5) is 0. The molecule has 2 fully saturated rings. The van der Waals surface area contributed by atoms with Crippen molar-refractivity contribution in [3.63, 3.8) is 0 Å². The Bertz CT molecular complexity index is 1290. The normalized spacial score (nSPS) is 26.5. The standard InChI is InChI=1S/C42H61N3/c1-4-12-39-33(5-2)14-11-17-42(39)45-30-35(36-26-28-44-29-36)21-18-31(3)37-24-25-38(41-16-9-8-15-40(37)41)34-22-19-32(20-23-34)13-7-6-10-27-43/h5,10,14,18-19,21-22,27,36,38,41,44-45H,2,4,6-9,11-13,15-17,20,23-26,28-30,43H2,1,3H3.